The van der Waals surface area contributed by atoms with Crippen LogP contribution < -0.4 is 0 Å². The van der Waals surface area contributed by atoms with Crippen LogP contribution in [0.15, 0.2) is 0 Å². The lowest BCUT2D eigenvalue weighted by Gasteiger charge is -2.47. The fraction of sp³-hybridized carbons (Fsp3) is 0.833. The van der Waals surface area contributed by atoms with Gasteiger partial charge in [0.25, 0.3) is 0 Å². The van der Waals surface area contributed by atoms with Crippen LogP contribution in [0.5, 0.6) is 0 Å². The number of unbranched alkanes of at least 4 members (excludes halogenated alkanes) is 1. The fourth-order valence-electron chi connectivity index (χ4n) is 4.09. The SMILES string of the molecule is CCCCC1(CN(C)C)C(=O)N(C)C(=O)N(C2CCCCC2)C1=O.Cl. The van der Waals surface area contributed by atoms with Crippen LogP contribution in [0.1, 0.15) is 58.3 Å². The van der Waals surface area contributed by atoms with E-state index in [0.29, 0.717) is 13.0 Å². The van der Waals surface area contributed by atoms with Gasteiger partial charge in [0.15, 0.2) is 0 Å². The Morgan fingerprint density at radius 1 is 1.08 bits per heavy atom. The van der Waals surface area contributed by atoms with E-state index < -0.39 is 11.4 Å². The highest BCUT2D eigenvalue weighted by molar-refractivity contribution is 6.19. The van der Waals surface area contributed by atoms with E-state index in [1.807, 2.05) is 19.0 Å². The molecule has 2 fully saturated rings. The topological polar surface area (TPSA) is 60.9 Å². The van der Waals surface area contributed by atoms with E-state index in [1.54, 1.807) is 0 Å². The summed E-state index contributed by atoms with van der Waals surface area (Å²) in [5.41, 5.74) is -1.13. The van der Waals surface area contributed by atoms with Gasteiger partial charge in [0.05, 0.1) is 0 Å². The molecular weight excluding hydrogens is 342 g/mol. The maximum Gasteiger partial charge on any atom is 0.333 e. The van der Waals surface area contributed by atoms with Crippen molar-refractivity contribution in [1.82, 2.24) is 14.7 Å². The summed E-state index contributed by atoms with van der Waals surface area (Å²) in [4.78, 5) is 43.5. The van der Waals surface area contributed by atoms with Crippen LogP contribution in [-0.2, 0) is 9.59 Å². The van der Waals surface area contributed by atoms with Crippen molar-refractivity contribution in [3.8, 4) is 0 Å². The first-order valence-corrected chi connectivity index (χ1v) is 9.15. The number of carbonyl (C=O) groups excluding carboxylic acids is 3. The number of imide groups is 2. The molecule has 25 heavy (non-hydrogen) atoms. The third kappa shape index (κ3) is 4.17. The van der Waals surface area contributed by atoms with Gasteiger partial charge in [-0.1, -0.05) is 39.0 Å². The molecule has 0 bridgehead atoms. The molecule has 1 aliphatic carbocycles. The second kappa shape index (κ2) is 8.99. The number of urea groups is 1. The number of halogens is 1. The number of carbonyl (C=O) groups is 3. The van der Waals surface area contributed by atoms with E-state index in [1.165, 1.54) is 16.8 Å². The first-order chi connectivity index (χ1) is 11.3. The second-order valence-electron chi connectivity index (χ2n) is 7.54. The molecule has 4 amide bonds. The summed E-state index contributed by atoms with van der Waals surface area (Å²) in [6.45, 7) is 2.40. The maximum absolute atomic E-state index is 13.4. The van der Waals surface area contributed by atoms with Gasteiger partial charge in [-0.3, -0.25) is 19.4 Å². The fourth-order valence-corrected chi connectivity index (χ4v) is 4.09. The standard InChI is InChI=1S/C18H31N3O3.ClH/c1-5-6-12-18(13-19(2)3)15(22)20(4)17(24)21(16(18)23)14-10-8-7-9-11-14;/h14H,5-13H2,1-4H3;1H. The van der Waals surface area contributed by atoms with Crippen molar-refractivity contribution in [3.05, 3.63) is 0 Å². The molecular formula is C18H32ClN3O3. The number of nitrogens with zero attached hydrogens (tertiary/aromatic N) is 3. The second-order valence-corrected chi connectivity index (χ2v) is 7.54. The Hall–Kier alpha value is -1.14. The van der Waals surface area contributed by atoms with Crippen LogP contribution in [-0.4, -0.2) is 66.3 Å². The van der Waals surface area contributed by atoms with Crippen molar-refractivity contribution in [1.29, 1.82) is 0 Å². The van der Waals surface area contributed by atoms with E-state index in [9.17, 15) is 14.4 Å². The molecule has 7 heteroatoms. The number of amides is 4. The van der Waals surface area contributed by atoms with Crippen LogP contribution in [0, 0.1) is 5.41 Å². The highest BCUT2D eigenvalue weighted by Crippen LogP contribution is 2.37. The summed E-state index contributed by atoms with van der Waals surface area (Å²) in [5.74, 6) is -0.614. The van der Waals surface area contributed by atoms with Gasteiger partial charge >= 0.3 is 6.03 Å². The molecule has 1 atom stereocenters. The van der Waals surface area contributed by atoms with Crippen molar-refractivity contribution in [3.63, 3.8) is 0 Å². The summed E-state index contributed by atoms with van der Waals surface area (Å²) in [5, 5.41) is 0. The predicted octanol–water partition coefficient (Wildman–Crippen LogP) is 2.90. The van der Waals surface area contributed by atoms with Crippen molar-refractivity contribution in [2.75, 3.05) is 27.7 Å². The van der Waals surface area contributed by atoms with E-state index in [-0.39, 0.29) is 30.3 Å². The normalized spacial score (nSPS) is 25.6. The van der Waals surface area contributed by atoms with Crippen molar-refractivity contribution in [2.24, 2.45) is 5.41 Å². The van der Waals surface area contributed by atoms with Crippen molar-refractivity contribution >= 4 is 30.3 Å². The molecule has 6 nitrogen and oxygen atoms in total. The van der Waals surface area contributed by atoms with Crippen LogP contribution in [0.2, 0.25) is 0 Å². The van der Waals surface area contributed by atoms with Gasteiger partial charge in [0.1, 0.15) is 5.41 Å². The zero-order chi connectivity index (χ0) is 17.9. The minimum atomic E-state index is -1.13. The average Bonchev–Trinajstić information content (AvgIpc) is 2.56. The molecule has 0 spiro atoms. The average molecular weight is 374 g/mol. The third-order valence-electron chi connectivity index (χ3n) is 5.32. The molecule has 0 aromatic heterocycles. The maximum atomic E-state index is 13.4. The summed E-state index contributed by atoms with van der Waals surface area (Å²) in [7, 11) is 5.26. The minimum absolute atomic E-state index is 0. The van der Waals surface area contributed by atoms with Crippen LogP contribution in [0.25, 0.3) is 0 Å². The van der Waals surface area contributed by atoms with Crippen molar-refractivity contribution < 1.29 is 14.4 Å². The molecule has 1 unspecified atom stereocenters. The van der Waals surface area contributed by atoms with E-state index in [0.717, 1.165) is 44.9 Å². The Bertz CT molecular complexity index is 506. The summed E-state index contributed by atoms with van der Waals surface area (Å²) in [6, 6.07) is -0.500. The first kappa shape index (κ1) is 21.9. The van der Waals surface area contributed by atoms with Gasteiger partial charge in [-0.15, -0.1) is 12.4 Å². The predicted molar refractivity (Wildman–Crippen MR) is 99.6 cm³/mol. The molecule has 1 saturated heterocycles. The third-order valence-corrected chi connectivity index (χ3v) is 5.32. The monoisotopic (exact) mass is 373 g/mol. The van der Waals surface area contributed by atoms with E-state index in [4.69, 9.17) is 0 Å². The van der Waals surface area contributed by atoms with Gasteiger partial charge in [0.2, 0.25) is 11.8 Å². The molecule has 2 rings (SSSR count). The van der Waals surface area contributed by atoms with Gasteiger partial charge in [-0.25, -0.2) is 4.79 Å². The lowest BCUT2D eigenvalue weighted by atomic mass is 9.77. The Morgan fingerprint density at radius 2 is 1.68 bits per heavy atom. The molecule has 1 heterocycles. The van der Waals surface area contributed by atoms with E-state index in [2.05, 4.69) is 6.92 Å². The molecule has 2 aliphatic rings. The zero-order valence-corrected chi connectivity index (χ0v) is 16.7. The largest absolute Gasteiger partial charge is 0.333 e. The van der Waals surface area contributed by atoms with Gasteiger partial charge < -0.3 is 4.90 Å². The Kier molecular flexibility index (Phi) is 7.88. The van der Waals surface area contributed by atoms with Crippen LogP contribution in [0.4, 0.5) is 4.79 Å². The highest BCUT2D eigenvalue weighted by Gasteiger charge is 2.57. The molecule has 1 aliphatic heterocycles. The van der Waals surface area contributed by atoms with Crippen molar-refractivity contribution in [2.45, 2.75) is 64.3 Å². The first-order valence-electron chi connectivity index (χ1n) is 9.15. The lowest BCUT2D eigenvalue weighted by Crippen LogP contribution is -2.68. The Balaban J connectivity index is 0.00000312. The van der Waals surface area contributed by atoms with E-state index >= 15 is 0 Å². The lowest BCUT2D eigenvalue weighted by molar-refractivity contribution is -0.161. The van der Waals surface area contributed by atoms with Gasteiger partial charge in [-0.05, 0) is 33.4 Å². The number of rotatable bonds is 6. The minimum Gasteiger partial charge on any atom is -0.308 e. The van der Waals surface area contributed by atoms with Crippen LogP contribution >= 0.6 is 12.4 Å². The van der Waals surface area contributed by atoms with Gasteiger partial charge in [0, 0.05) is 19.6 Å². The quantitative estimate of drug-likeness (QED) is 0.671. The van der Waals surface area contributed by atoms with Gasteiger partial charge in [-0.2, -0.15) is 0 Å². The van der Waals surface area contributed by atoms with Crippen LogP contribution in [0.3, 0.4) is 0 Å². The number of hydrogen-bond donors (Lipinski definition) is 0. The molecule has 1 saturated carbocycles. The highest BCUT2D eigenvalue weighted by atomic mass is 35.5. The molecule has 144 valence electrons. The molecule has 0 N–H and O–H groups in total. The number of hydrogen-bond acceptors (Lipinski definition) is 4. The summed E-state index contributed by atoms with van der Waals surface area (Å²) >= 11 is 0. The molecule has 0 radical (unpaired) electrons. The zero-order valence-electron chi connectivity index (χ0n) is 15.9. The summed E-state index contributed by atoms with van der Waals surface area (Å²) in [6.07, 6.45) is 7.14. The Morgan fingerprint density at radius 3 is 2.20 bits per heavy atom. The number of barbiturate groups is 1. The smallest absolute Gasteiger partial charge is 0.308 e. The molecule has 0 aromatic rings. The Labute approximate surface area is 157 Å². The molecule has 0 aromatic carbocycles. The summed E-state index contributed by atoms with van der Waals surface area (Å²) < 4.78 is 0.